The van der Waals surface area contributed by atoms with E-state index in [4.69, 9.17) is 23.7 Å². The molecule has 21 nitrogen and oxygen atoms in total. The molecular formula is C42H75N5O16. The van der Waals surface area contributed by atoms with Gasteiger partial charge in [0.1, 0.15) is 11.8 Å². The van der Waals surface area contributed by atoms with Crippen LogP contribution in [0.3, 0.4) is 0 Å². The monoisotopic (exact) mass is 906 g/mol. The van der Waals surface area contributed by atoms with Crippen LogP contribution in [0.2, 0.25) is 0 Å². The van der Waals surface area contributed by atoms with E-state index in [1.807, 2.05) is 6.92 Å². The van der Waals surface area contributed by atoms with Crippen molar-refractivity contribution in [1.82, 2.24) is 24.5 Å². The second kappa shape index (κ2) is 36.6. The number of amides is 1. The number of rotatable bonds is 37. The minimum absolute atomic E-state index is 0.0131. The zero-order valence-electron chi connectivity index (χ0n) is 37.6. The normalized spacial score (nSPS) is 15.6. The number of nitrogens with zero attached hydrogens (tertiary/aromatic N) is 5. The molecule has 0 radical (unpaired) electrons. The lowest BCUT2D eigenvalue weighted by Crippen LogP contribution is -2.51. The fourth-order valence-corrected chi connectivity index (χ4v) is 6.75. The number of Topliss-reactive ketones (excluding diaryl/α,β-unsaturated/α-hetero) is 2. The molecule has 1 aliphatic rings. The predicted octanol–water partition coefficient (Wildman–Crippen LogP) is 0.516. The van der Waals surface area contributed by atoms with Gasteiger partial charge >= 0.3 is 23.9 Å². The Morgan fingerprint density at radius 1 is 0.508 bits per heavy atom. The number of carbonyl (C=O) groups is 7. The molecule has 21 heteroatoms. The van der Waals surface area contributed by atoms with Crippen LogP contribution in [-0.4, -0.2) is 243 Å². The van der Waals surface area contributed by atoms with Gasteiger partial charge in [-0.1, -0.05) is 0 Å². The van der Waals surface area contributed by atoms with Crippen molar-refractivity contribution in [2.75, 3.05) is 151 Å². The summed E-state index contributed by atoms with van der Waals surface area (Å²) < 4.78 is 27.4. The third kappa shape index (κ3) is 31.8. The lowest BCUT2D eigenvalue weighted by Gasteiger charge is -2.35. The first-order valence-corrected chi connectivity index (χ1v) is 22.2. The van der Waals surface area contributed by atoms with E-state index in [1.54, 1.807) is 24.5 Å². The van der Waals surface area contributed by atoms with E-state index in [-0.39, 0.29) is 115 Å². The molecule has 1 amide bonds. The van der Waals surface area contributed by atoms with Crippen molar-refractivity contribution in [2.45, 2.75) is 77.7 Å². The third-order valence-corrected chi connectivity index (χ3v) is 10.2. The summed E-state index contributed by atoms with van der Waals surface area (Å²) in [4.78, 5) is 92.2. The number of carbonyl (C=O) groups excluding carboxylic acids is 3. The zero-order valence-corrected chi connectivity index (χ0v) is 37.6. The molecule has 1 fully saturated rings. The maximum absolute atomic E-state index is 12.8. The minimum Gasteiger partial charge on any atom is -0.480 e. The molecular weight excluding hydrogens is 830 g/mol. The SMILES string of the molecule is CCOCCOCCCN(CC(=O)CCCCOCCOCCOCCCCC(=O)CCC(C(=O)O)N1CCN(CC(=O)O)CCN(CC(=O)O)CCN(CC(=O)O)CC1)C(C)=O. The highest BCUT2D eigenvalue weighted by Gasteiger charge is 2.28. The van der Waals surface area contributed by atoms with Crippen LogP contribution < -0.4 is 0 Å². The summed E-state index contributed by atoms with van der Waals surface area (Å²) in [5.74, 6) is -4.58. The van der Waals surface area contributed by atoms with E-state index in [2.05, 4.69) is 0 Å². The summed E-state index contributed by atoms with van der Waals surface area (Å²) in [6.07, 6.45) is 3.91. The van der Waals surface area contributed by atoms with Gasteiger partial charge < -0.3 is 49.0 Å². The van der Waals surface area contributed by atoms with Gasteiger partial charge in [0.25, 0.3) is 0 Å². The molecule has 0 aromatic rings. The smallest absolute Gasteiger partial charge is 0.320 e. The standard InChI is InChI=1S/C42H75N5O16/c1-3-59-25-26-62-24-8-13-47(35(2)48)31-37(50)10-5-7-23-61-28-30-63-29-27-60-22-6-4-9-36(49)11-12-38(42(57)58)46-20-18-44(33-40(53)54)16-14-43(32-39(51)52)15-17-45(19-21-46)34-41(55)56/h38H,3-34H2,1-2H3,(H,51,52)(H,53,54)(H,55,56)(H,57,58). The van der Waals surface area contributed by atoms with Gasteiger partial charge in [-0.05, 0) is 45.4 Å². The van der Waals surface area contributed by atoms with Gasteiger partial charge in [0.15, 0.2) is 5.78 Å². The summed E-state index contributed by atoms with van der Waals surface area (Å²) in [7, 11) is 0. The molecule has 0 aromatic heterocycles. The average Bonchev–Trinajstić information content (AvgIpc) is 3.21. The molecule has 4 N–H and O–H groups in total. The van der Waals surface area contributed by atoms with Gasteiger partial charge in [-0.3, -0.25) is 53.2 Å². The van der Waals surface area contributed by atoms with E-state index in [0.717, 1.165) is 0 Å². The predicted molar refractivity (Wildman–Crippen MR) is 229 cm³/mol. The minimum atomic E-state index is -1.14. The Bertz CT molecular complexity index is 1290. The zero-order chi connectivity index (χ0) is 46.7. The van der Waals surface area contributed by atoms with Crippen molar-refractivity contribution >= 4 is 41.4 Å². The van der Waals surface area contributed by atoms with Crippen LogP contribution in [0, 0.1) is 0 Å². The highest BCUT2D eigenvalue weighted by atomic mass is 16.5. The quantitative estimate of drug-likeness (QED) is 0.0619. The Morgan fingerprint density at radius 2 is 0.905 bits per heavy atom. The Morgan fingerprint density at radius 3 is 1.32 bits per heavy atom. The molecule has 1 saturated heterocycles. The van der Waals surface area contributed by atoms with Crippen LogP contribution in [0.5, 0.6) is 0 Å². The lowest BCUT2D eigenvalue weighted by molar-refractivity contribution is -0.145. The first-order chi connectivity index (χ1) is 30.2. The van der Waals surface area contributed by atoms with Crippen molar-refractivity contribution < 1.29 is 77.7 Å². The molecule has 0 spiro atoms. The average molecular weight is 906 g/mol. The van der Waals surface area contributed by atoms with Gasteiger partial charge in [0, 0.05) is 112 Å². The molecule has 1 heterocycles. The van der Waals surface area contributed by atoms with Crippen LogP contribution in [0.25, 0.3) is 0 Å². The summed E-state index contributed by atoms with van der Waals surface area (Å²) in [5.41, 5.74) is 0. The number of aliphatic carboxylic acids is 4. The van der Waals surface area contributed by atoms with Gasteiger partial charge in [-0.2, -0.15) is 0 Å². The highest BCUT2D eigenvalue weighted by Crippen LogP contribution is 2.13. The molecule has 1 atom stereocenters. The Balaban J connectivity index is 2.31. The summed E-state index contributed by atoms with van der Waals surface area (Å²) >= 11 is 0. The Hall–Kier alpha value is -3.67. The fourth-order valence-electron chi connectivity index (χ4n) is 6.75. The van der Waals surface area contributed by atoms with Crippen LogP contribution in [0.15, 0.2) is 0 Å². The van der Waals surface area contributed by atoms with Crippen LogP contribution in [0.4, 0.5) is 0 Å². The number of ether oxygens (including phenoxy) is 5. The van der Waals surface area contributed by atoms with Crippen LogP contribution in [-0.2, 0) is 57.2 Å². The molecule has 1 rings (SSSR count). The molecule has 1 unspecified atom stereocenters. The van der Waals surface area contributed by atoms with E-state index >= 15 is 0 Å². The number of ketones is 2. The van der Waals surface area contributed by atoms with Crippen molar-refractivity contribution in [3.8, 4) is 0 Å². The highest BCUT2D eigenvalue weighted by molar-refractivity contribution is 5.85. The third-order valence-electron chi connectivity index (χ3n) is 10.2. The summed E-state index contributed by atoms with van der Waals surface area (Å²) in [5, 5.41) is 38.5. The van der Waals surface area contributed by atoms with Gasteiger partial charge in [0.05, 0.1) is 65.8 Å². The topological polar surface area (TPSA) is 263 Å². The van der Waals surface area contributed by atoms with Gasteiger partial charge in [-0.15, -0.1) is 0 Å². The number of hydrogen-bond donors (Lipinski definition) is 4. The molecule has 0 bridgehead atoms. The molecule has 364 valence electrons. The number of unbranched alkanes of at least 4 members (excludes halogenated alkanes) is 2. The molecule has 0 saturated carbocycles. The number of carboxylic acid groups (broad SMARTS) is 4. The van der Waals surface area contributed by atoms with E-state index in [0.29, 0.717) is 111 Å². The Labute approximate surface area is 371 Å². The van der Waals surface area contributed by atoms with Crippen molar-refractivity contribution in [2.24, 2.45) is 0 Å². The number of hydrogen-bond acceptors (Lipinski definition) is 16. The van der Waals surface area contributed by atoms with E-state index in [1.165, 1.54) is 6.92 Å². The van der Waals surface area contributed by atoms with Crippen molar-refractivity contribution in [3.05, 3.63) is 0 Å². The first kappa shape index (κ1) is 57.3. The van der Waals surface area contributed by atoms with E-state index < -0.39 is 29.9 Å². The van der Waals surface area contributed by atoms with Crippen molar-refractivity contribution in [1.29, 1.82) is 0 Å². The first-order valence-electron chi connectivity index (χ1n) is 22.2. The fraction of sp³-hybridized carbons (Fsp3) is 0.833. The molecule has 0 aromatic carbocycles. The second-order valence-electron chi connectivity index (χ2n) is 15.4. The van der Waals surface area contributed by atoms with Gasteiger partial charge in [-0.25, -0.2) is 0 Å². The molecule has 63 heavy (non-hydrogen) atoms. The summed E-state index contributed by atoms with van der Waals surface area (Å²) in [6, 6.07) is -1.06. The Kier molecular flexibility index (Phi) is 33.4. The largest absolute Gasteiger partial charge is 0.480 e. The van der Waals surface area contributed by atoms with Crippen molar-refractivity contribution in [3.63, 3.8) is 0 Å². The van der Waals surface area contributed by atoms with Crippen LogP contribution in [0.1, 0.15) is 71.6 Å². The maximum atomic E-state index is 12.8. The second-order valence-corrected chi connectivity index (χ2v) is 15.4. The molecule has 0 aliphatic carbocycles. The van der Waals surface area contributed by atoms with Gasteiger partial charge in [0.2, 0.25) is 5.91 Å². The number of carboxylic acids is 4. The lowest BCUT2D eigenvalue weighted by atomic mass is 10.0. The summed E-state index contributed by atoms with van der Waals surface area (Å²) in [6.45, 7) is 9.16. The molecule has 1 aliphatic heterocycles. The maximum Gasteiger partial charge on any atom is 0.320 e. The van der Waals surface area contributed by atoms with E-state index in [9.17, 15) is 54.0 Å². The van der Waals surface area contributed by atoms with Crippen LogP contribution >= 0.6 is 0 Å².